The summed E-state index contributed by atoms with van der Waals surface area (Å²) in [6.07, 6.45) is 0.807. The number of nitrogens with zero attached hydrogens (tertiary/aromatic N) is 2. The third-order valence-electron chi connectivity index (χ3n) is 6.79. The van der Waals surface area contributed by atoms with E-state index in [4.69, 9.17) is 4.74 Å². The number of fused-ring (bicyclic) bond motifs is 3. The minimum absolute atomic E-state index is 0.0793. The zero-order chi connectivity index (χ0) is 26.7. The number of benzene rings is 2. The average molecular weight is 498 g/mol. The summed E-state index contributed by atoms with van der Waals surface area (Å²) in [5.41, 5.74) is 3.90. The zero-order valence-electron chi connectivity index (χ0n) is 22.9. The number of hydrogen-bond acceptors (Lipinski definition) is 3. The second-order valence-electron chi connectivity index (χ2n) is 12.3. The SMILES string of the molecule is CCCC(C[N+](C)(C)C)(C[N+](C)(C)C)[C@@H](NC(=O)OCC1c2ccccc2-c2ccccc21)C(=O)O. The van der Waals surface area contributed by atoms with Crippen molar-refractivity contribution in [2.24, 2.45) is 5.41 Å². The molecule has 0 saturated heterocycles. The van der Waals surface area contributed by atoms with Gasteiger partial charge < -0.3 is 24.1 Å². The van der Waals surface area contributed by atoms with Crippen molar-refractivity contribution in [1.29, 1.82) is 0 Å². The zero-order valence-corrected chi connectivity index (χ0v) is 22.9. The van der Waals surface area contributed by atoms with Gasteiger partial charge in [-0.05, 0) is 28.7 Å². The van der Waals surface area contributed by atoms with Crippen molar-refractivity contribution in [1.82, 2.24) is 5.32 Å². The molecule has 3 rings (SSSR count). The van der Waals surface area contributed by atoms with Gasteiger partial charge in [-0.1, -0.05) is 61.9 Å². The summed E-state index contributed by atoms with van der Waals surface area (Å²) in [5.74, 6) is -1.11. The van der Waals surface area contributed by atoms with Crippen molar-refractivity contribution >= 4 is 12.1 Å². The van der Waals surface area contributed by atoms with Gasteiger partial charge in [-0.25, -0.2) is 9.59 Å². The highest BCUT2D eigenvalue weighted by Gasteiger charge is 2.51. The largest absolute Gasteiger partial charge is 0.480 e. The smallest absolute Gasteiger partial charge is 0.407 e. The van der Waals surface area contributed by atoms with E-state index in [9.17, 15) is 14.7 Å². The lowest BCUT2D eigenvalue weighted by molar-refractivity contribution is -0.903. The van der Waals surface area contributed by atoms with Gasteiger partial charge in [0, 0.05) is 5.92 Å². The first kappa shape index (κ1) is 27.7. The van der Waals surface area contributed by atoms with Crippen molar-refractivity contribution in [2.45, 2.75) is 31.7 Å². The Balaban J connectivity index is 1.84. The normalized spacial score (nSPS) is 14.6. The molecule has 2 aromatic carbocycles. The maximum atomic E-state index is 13.1. The first-order valence-corrected chi connectivity index (χ1v) is 12.7. The number of carbonyl (C=O) groups excluding carboxylic acids is 1. The summed E-state index contributed by atoms with van der Waals surface area (Å²) < 4.78 is 6.92. The topological polar surface area (TPSA) is 75.6 Å². The van der Waals surface area contributed by atoms with E-state index in [0.29, 0.717) is 28.5 Å². The van der Waals surface area contributed by atoms with Crippen molar-refractivity contribution in [3.05, 3.63) is 59.7 Å². The number of carbonyl (C=O) groups is 2. The van der Waals surface area contributed by atoms with Gasteiger partial charge in [-0.3, -0.25) is 0 Å². The molecule has 36 heavy (non-hydrogen) atoms. The van der Waals surface area contributed by atoms with E-state index >= 15 is 0 Å². The van der Waals surface area contributed by atoms with Gasteiger partial charge in [0.25, 0.3) is 0 Å². The molecule has 0 radical (unpaired) electrons. The number of carboxylic acids is 1. The Morgan fingerprint density at radius 3 is 1.81 bits per heavy atom. The van der Waals surface area contributed by atoms with Crippen LogP contribution in [-0.2, 0) is 9.53 Å². The monoisotopic (exact) mass is 497 g/mol. The summed E-state index contributed by atoms with van der Waals surface area (Å²) in [7, 11) is 12.4. The second kappa shape index (κ2) is 10.6. The lowest BCUT2D eigenvalue weighted by Gasteiger charge is -2.45. The number of quaternary nitrogens is 2. The fraction of sp³-hybridized carbons (Fsp3) is 0.517. The van der Waals surface area contributed by atoms with Crippen LogP contribution in [0.25, 0.3) is 11.1 Å². The van der Waals surface area contributed by atoms with Crippen molar-refractivity contribution in [3.63, 3.8) is 0 Å². The lowest BCUT2D eigenvalue weighted by atomic mass is 9.74. The summed E-state index contributed by atoms with van der Waals surface area (Å²) in [5, 5.41) is 13.1. The van der Waals surface area contributed by atoms with E-state index in [1.807, 2.05) is 24.3 Å². The number of amides is 1. The predicted octanol–water partition coefficient (Wildman–Crippen LogP) is 4.18. The highest BCUT2D eigenvalue weighted by molar-refractivity contribution is 5.81. The number of rotatable bonds is 11. The van der Waals surface area contributed by atoms with Crippen LogP contribution in [0.3, 0.4) is 0 Å². The number of ether oxygens (including phenoxy) is 1. The summed E-state index contributed by atoms with van der Waals surface area (Å²) in [6.45, 7) is 3.43. The molecule has 0 aliphatic heterocycles. The molecule has 1 aliphatic rings. The summed E-state index contributed by atoms with van der Waals surface area (Å²) in [4.78, 5) is 25.7. The molecule has 0 heterocycles. The Bertz CT molecular complexity index is 1020. The molecule has 0 bridgehead atoms. The second-order valence-corrected chi connectivity index (χ2v) is 12.3. The number of carboxylic acid groups (broad SMARTS) is 1. The highest BCUT2D eigenvalue weighted by Crippen LogP contribution is 2.44. The maximum absolute atomic E-state index is 13.1. The molecule has 1 amide bonds. The molecule has 1 atom stereocenters. The van der Waals surface area contributed by atoms with Crippen LogP contribution < -0.4 is 5.32 Å². The van der Waals surface area contributed by atoms with Crippen LogP contribution in [0.2, 0.25) is 0 Å². The first-order chi connectivity index (χ1) is 16.8. The molecule has 2 aromatic rings. The molecule has 196 valence electrons. The fourth-order valence-electron chi connectivity index (χ4n) is 6.16. The van der Waals surface area contributed by atoms with E-state index in [0.717, 1.165) is 28.7 Å². The van der Waals surface area contributed by atoms with Gasteiger partial charge in [-0.2, -0.15) is 0 Å². The minimum Gasteiger partial charge on any atom is -0.480 e. The Morgan fingerprint density at radius 2 is 1.39 bits per heavy atom. The highest BCUT2D eigenvalue weighted by atomic mass is 16.5. The quantitative estimate of drug-likeness (QED) is 0.457. The van der Waals surface area contributed by atoms with Crippen LogP contribution in [0.15, 0.2) is 48.5 Å². The van der Waals surface area contributed by atoms with E-state index in [1.165, 1.54) is 0 Å². The molecule has 0 spiro atoms. The van der Waals surface area contributed by atoms with Gasteiger partial charge in [0.15, 0.2) is 0 Å². The van der Waals surface area contributed by atoms with E-state index in [1.54, 1.807) is 0 Å². The molecule has 0 aromatic heterocycles. The number of alkyl carbamates (subject to hydrolysis) is 1. The van der Waals surface area contributed by atoms with Crippen LogP contribution in [0.1, 0.15) is 36.8 Å². The van der Waals surface area contributed by atoms with Crippen LogP contribution in [0.5, 0.6) is 0 Å². The van der Waals surface area contributed by atoms with Gasteiger partial charge >= 0.3 is 12.1 Å². The fourth-order valence-corrected chi connectivity index (χ4v) is 6.16. The third-order valence-corrected chi connectivity index (χ3v) is 6.79. The van der Waals surface area contributed by atoms with E-state index < -0.39 is 23.5 Å². The predicted molar refractivity (Wildman–Crippen MR) is 143 cm³/mol. The molecule has 0 fully saturated rings. The van der Waals surface area contributed by atoms with E-state index in [2.05, 4.69) is 78.8 Å². The third kappa shape index (κ3) is 6.45. The van der Waals surface area contributed by atoms with Crippen molar-refractivity contribution in [3.8, 4) is 11.1 Å². The van der Waals surface area contributed by atoms with Gasteiger partial charge in [0.2, 0.25) is 0 Å². The van der Waals surface area contributed by atoms with Crippen LogP contribution in [-0.4, -0.2) is 94.2 Å². The van der Waals surface area contributed by atoms with Gasteiger partial charge in [0.1, 0.15) is 12.6 Å². The molecule has 0 saturated carbocycles. The standard InChI is InChI=1S/C29H41N3O4/c1-8-17-29(19-31(2,3)4,20-32(5,6)7)26(27(33)34)30-28(35)36-18-25-23-15-11-9-13-21(23)22-14-10-12-16-24(22)25/h9-16,25-26H,8,17-20H2,1-7H3/p+2/t26-/m0/s1. The molecule has 7 nitrogen and oxygen atoms in total. The Morgan fingerprint density at radius 1 is 0.917 bits per heavy atom. The number of aliphatic carboxylic acids is 1. The summed E-state index contributed by atoms with van der Waals surface area (Å²) >= 11 is 0. The molecular formula is C29H43N3O4+2. The summed E-state index contributed by atoms with van der Waals surface area (Å²) in [6, 6.07) is 15.2. The Labute approximate surface area is 215 Å². The molecular weight excluding hydrogens is 454 g/mol. The molecule has 7 heteroatoms. The van der Waals surface area contributed by atoms with Gasteiger partial charge in [-0.15, -0.1) is 0 Å². The number of hydrogen-bond donors (Lipinski definition) is 2. The van der Waals surface area contributed by atoms with Crippen LogP contribution in [0, 0.1) is 5.41 Å². The first-order valence-electron chi connectivity index (χ1n) is 12.7. The lowest BCUT2D eigenvalue weighted by Crippen LogP contribution is -2.64. The molecule has 2 N–H and O–H groups in total. The Kier molecular flexibility index (Phi) is 8.16. The number of nitrogens with one attached hydrogen (secondary N) is 1. The van der Waals surface area contributed by atoms with Crippen molar-refractivity contribution in [2.75, 3.05) is 62.0 Å². The van der Waals surface area contributed by atoms with Crippen LogP contribution >= 0.6 is 0 Å². The molecule has 1 aliphatic carbocycles. The van der Waals surface area contributed by atoms with Gasteiger partial charge in [0.05, 0.1) is 60.8 Å². The van der Waals surface area contributed by atoms with Crippen molar-refractivity contribution < 1.29 is 28.4 Å². The Hall–Kier alpha value is -2.90. The minimum atomic E-state index is -1.07. The maximum Gasteiger partial charge on any atom is 0.407 e. The molecule has 0 unspecified atom stereocenters. The van der Waals surface area contributed by atoms with Crippen LogP contribution in [0.4, 0.5) is 4.79 Å². The average Bonchev–Trinajstić information content (AvgIpc) is 3.07. The van der Waals surface area contributed by atoms with E-state index in [-0.39, 0.29) is 12.5 Å².